The van der Waals surface area contributed by atoms with Crippen molar-refractivity contribution in [3.05, 3.63) is 69.8 Å². The Balaban J connectivity index is 1.62. The number of hydrogen-bond acceptors (Lipinski definition) is 5. The minimum atomic E-state index is -0.487. The van der Waals surface area contributed by atoms with Crippen molar-refractivity contribution < 1.29 is 14.5 Å². The number of carbonyl (C=O) groups is 2. The average Bonchev–Trinajstić information content (AvgIpc) is 3.52. The van der Waals surface area contributed by atoms with Crippen LogP contribution in [0.4, 0.5) is 11.4 Å². The van der Waals surface area contributed by atoms with Gasteiger partial charge in [0.1, 0.15) is 0 Å². The van der Waals surface area contributed by atoms with Crippen LogP contribution in [-0.2, 0) is 4.79 Å². The molecule has 27 heavy (non-hydrogen) atoms. The van der Waals surface area contributed by atoms with Gasteiger partial charge in [-0.1, -0.05) is 12.1 Å². The third kappa shape index (κ3) is 4.75. The van der Waals surface area contributed by atoms with Gasteiger partial charge >= 0.3 is 0 Å². The molecule has 3 rings (SSSR count). The number of hydrazone groups is 1. The molecule has 0 heterocycles. The molecule has 0 radical (unpaired) electrons. The topological polar surface area (TPSA) is 114 Å². The molecule has 0 spiro atoms. The predicted octanol–water partition coefficient (Wildman–Crippen LogP) is 3.10. The van der Waals surface area contributed by atoms with Crippen molar-refractivity contribution in [2.75, 3.05) is 5.32 Å². The van der Waals surface area contributed by atoms with Crippen molar-refractivity contribution in [1.82, 2.24) is 5.43 Å². The van der Waals surface area contributed by atoms with Crippen LogP contribution in [0.25, 0.3) is 0 Å². The molecule has 2 aromatic rings. The first kappa shape index (κ1) is 18.2. The molecule has 1 aliphatic rings. The SMILES string of the molecule is CC(=NNC(=O)c1ccc(NC(=O)C2CC2)cc1)c1cccc([N+](=O)[O-])c1. The van der Waals surface area contributed by atoms with E-state index in [4.69, 9.17) is 0 Å². The summed E-state index contributed by atoms with van der Waals surface area (Å²) in [6.45, 7) is 1.65. The normalized spacial score (nSPS) is 13.7. The van der Waals surface area contributed by atoms with Crippen molar-refractivity contribution in [1.29, 1.82) is 0 Å². The molecule has 0 aromatic heterocycles. The van der Waals surface area contributed by atoms with E-state index >= 15 is 0 Å². The van der Waals surface area contributed by atoms with Gasteiger partial charge in [0.05, 0.1) is 10.6 Å². The van der Waals surface area contributed by atoms with Crippen molar-refractivity contribution in [3.63, 3.8) is 0 Å². The number of anilines is 1. The van der Waals surface area contributed by atoms with E-state index in [1.165, 1.54) is 12.1 Å². The number of nitrogens with one attached hydrogen (secondary N) is 2. The third-order valence-corrected chi connectivity index (χ3v) is 4.16. The van der Waals surface area contributed by atoms with Crippen LogP contribution in [0.5, 0.6) is 0 Å². The second kappa shape index (κ2) is 7.77. The van der Waals surface area contributed by atoms with Gasteiger partial charge in [0.15, 0.2) is 0 Å². The molecular weight excluding hydrogens is 348 g/mol. The van der Waals surface area contributed by atoms with Crippen molar-refractivity contribution in [2.45, 2.75) is 19.8 Å². The Morgan fingerprint density at radius 1 is 1.11 bits per heavy atom. The molecule has 0 aliphatic heterocycles. The van der Waals surface area contributed by atoms with Crippen LogP contribution in [0.15, 0.2) is 53.6 Å². The van der Waals surface area contributed by atoms with Gasteiger partial charge in [-0.25, -0.2) is 5.43 Å². The highest BCUT2D eigenvalue weighted by atomic mass is 16.6. The molecule has 1 fully saturated rings. The number of benzene rings is 2. The Kier molecular flexibility index (Phi) is 5.25. The third-order valence-electron chi connectivity index (χ3n) is 4.16. The summed E-state index contributed by atoms with van der Waals surface area (Å²) >= 11 is 0. The van der Waals surface area contributed by atoms with E-state index in [9.17, 15) is 19.7 Å². The molecule has 2 N–H and O–H groups in total. The van der Waals surface area contributed by atoms with Crippen LogP contribution in [0.1, 0.15) is 35.7 Å². The second-order valence-corrected chi connectivity index (χ2v) is 6.29. The zero-order valence-corrected chi connectivity index (χ0v) is 14.6. The van der Waals surface area contributed by atoms with Crippen LogP contribution in [-0.4, -0.2) is 22.4 Å². The van der Waals surface area contributed by atoms with Crippen LogP contribution in [0, 0.1) is 16.0 Å². The highest BCUT2D eigenvalue weighted by Gasteiger charge is 2.29. The van der Waals surface area contributed by atoms with Crippen molar-refractivity contribution in [3.8, 4) is 0 Å². The van der Waals surface area contributed by atoms with Gasteiger partial charge in [-0.15, -0.1) is 0 Å². The van der Waals surface area contributed by atoms with E-state index in [1.54, 1.807) is 43.3 Å². The van der Waals surface area contributed by atoms with Gasteiger partial charge in [0.2, 0.25) is 5.91 Å². The Morgan fingerprint density at radius 2 is 1.81 bits per heavy atom. The van der Waals surface area contributed by atoms with E-state index in [0.29, 0.717) is 22.5 Å². The molecule has 0 saturated heterocycles. The summed E-state index contributed by atoms with van der Waals surface area (Å²) in [7, 11) is 0. The van der Waals surface area contributed by atoms with E-state index in [-0.39, 0.29) is 17.5 Å². The van der Waals surface area contributed by atoms with Crippen LogP contribution >= 0.6 is 0 Å². The fraction of sp³-hybridized carbons (Fsp3) is 0.211. The minimum absolute atomic E-state index is 0.00406. The molecule has 8 heteroatoms. The van der Waals surface area contributed by atoms with Gasteiger partial charge in [-0.05, 0) is 44.0 Å². The summed E-state index contributed by atoms with van der Waals surface area (Å²) in [4.78, 5) is 34.3. The summed E-state index contributed by atoms with van der Waals surface area (Å²) in [5.74, 6) is -0.302. The maximum absolute atomic E-state index is 12.2. The maximum atomic E-state index is 12.2. The van der Waals surface area contributed by atoms with Crippen LogP contribution in [0.3, 0.4) is 0 Å². The number of rotatable bonds is 6. The zero-order chi connectivity index (χ0) is 19.4. The second-order valence-electron chi connectivity index (χ2n) is 6.29. The first-order chi connectivity index (χ1) is 12.9. The van der Waals surface area contributed by atoms with Crippen molar-refractivity contribution in [2.24, 2.45) is 11.0 Å². The van der Waals surface area contributed by atoms with E-state index in [1.807, 2.05) is 0 Å². The number of non-ortho nitro benzene ring substituents is 1. The molecular formula is C19H18N4O4. The zero-order valence-electron chi connectivity index (χ0n) is 14.6. The predicted molar refractivity (Wildman–Crippen MR) is 101 cm³/mol. The van der Waals surface area contributed by atoms with E-state index in [0.717, 1.165) is 12.8 Å². The number of nitro benzene ring substituents is 1. The molecule has 1 aliphatic carbocycles. The summed E-state index contributed by atoms with van der Waals surface area (Å²) in [5, 5.41) is 17.6. The van der Waals surface area contributed by atoms with Crippen LogP contribution < -0.4 is 10.7 Å². The Morgan fingerprint density at radius 3 is 2.44 bits per heavy atom. The summed E-state index contributed by atoms with van der Waals surface area (Å²) in [6.07, 6.45) is 1.85. The lowest BCUT2D eigenvalue weighted by molar-refractivity contribution is -0.384. The number of carbonyl (C=O) groups excluding carboxylic acids is 2. The number of hydrogen-bond donors (Lipinski definition) is 2. The molecule has 8 nitrogen and oxygen atoms in total. The van der Waals surface area contributed by atoms with Gasteiger partial charge in [-0.3, -0.25) is 19.7 Å². The standard InChI is InChI=1S/C19H18N4O4/c1-12(15-3-2-4-17(11-15)23(26)27)21-22-19(25)14-7-9-16(10-8-14)20-18(24)13-5-6-13/h2-4,7-11,13H,5-6H2,1H3,(H,20,24)(H,22,25). The number of nitro groups is 1. The Labute approximate surface area is 155 Å². The van der Waals surface area contributed by atoms with Gasteiger partial charge in [0.25, 0.3) is 11.6 Å². The number of amides is 2. The lowest BCUT2D eigenvalue weighted by Crippen LogP contribution is -2.19. The quantitative estimate of drug-likeness (QED) is 0.464. The molecule has 1 saturated carbocycles. The van der Waals surface area contributed by atoms with Crippen molar-refractivity contribution >= 4 is 28.9 Å². The fourth-order valence-corrected chi connectivity index (χ4v) is 2.40. The van der Waals surface area contributed by atoms with Crippen LogP contribution in [0.2, 0.25) is 0 Å². The first-order valence-electron chi connectivity index (χ1n) is 8.44. The molecule has 138 valence electrons. The summed E-state index contributed by atoms with van der Waals surface area (Å²) in [6, 6.07) is 12.5. The molecule has 0 unspecified atom stereocenters. The van der Waals surface area contributed by atoms with Gasteiger partial charge < -0.3 is 5.32 Å². The van der Waals surface area contributed by atoms with E-state index < -0.39 is 10.8 Å². The average molecular weight is 366 g/mol. The molecule has 2 amide bonds. The molecule has 2 aromatic carbocycles. The Bertz CT molecular complexity index is 918. The highest BCUT2D eigenvalue weighted by molar-refractivity contribution is 6.01. The summed E-state index contributed by atoms with van der Waals surface area (Å²) < 4.78 is 0. The maximum Gasteiger partial charge on any atom is 0.271 e. The lowest BCUT2D eigenvalue weighted by Gasteiger charge is -2.06. The molecule has 0 atom stereocenters. The highest BCUT2D eigenvalue weighted by Crippen LogP contribution is 2.30. The monoisotopic (exact) mass is 366 g/mol. The first-order valence-corrected chi connectivity index (χ1v) is 8.44. The van der Waals surface area contributed by atoms with Gasteiger partial charge in [0, 0.05) is 34.9 Å². The van der Waals surface area contributed by atoms with Gasteiger partial charge in [-0.2, -0.15) is 5.10 Å². The Hall–Kier alpha value is -3.55. The van der Waals surface area contributed by atoms with E-state index in [2.05, 4.69) is 15.8 Å². The largest absolute Gasteiger partial charge is 0.326 e. The minimum Gasteiger partial charge on any atom is -0.326 e. The summed E-state index contributed by atoms with van der Waals surface area (Å²) in [5.41, 5.74) is 4.39. The molecule has 0 bridgehead atoms. The lowest BCUT2D eigenvalue weighted by atomic mass is 10.1. The fourth-order valence-electron chi connectivity index (χ4n) is 2.40. The number of nitrogens with zero attached hydrogens (tertiary/aromatic N) is 2. The smallest absolute Gasteiger partial charge is 0.271 e.